The first kappa shape index (κ1) is 11.1. The highest BCUT2D eigenvalue weighted by Crippen LogP contribution is 2.43. The summed E-state index contributed by atoms with van der Waals surface area (Å²) in [6.07, 6.45) is 1.92. The van der Waals surface area contributed by atoms with Gasteiger partial charge in [-0.3, -0.25) is 0 Å². The van der Waals surface area contributed by atoms with E-state index in [1.165, 1.54) is 12.8 Å². The van der Waals surface area contributed by atoms with Gasteiger partial charge in [0.05, 0.1) is 5.02 Å². The highest BCUT2D eigenvalue weighted by Gasteiger charge is 2.34. The summed E-state index contributed by atoms with van der Waals surface area (Å²) in [7, 11) is 0. The monoisotopic (exact) mass is 250 g/mol. The first-order chi connectivity index (χ1) is 8.16. The lowest BCUT2D eigenvalue weighted by atomic mass is 9.97. The van der Waals surface area contributed by atoms with Crippen molar-refractivity contribution in [2.24, 2.45) is 11.8 Å². The number of furan rings is 1. The smallest absolute Gasteiger partial charge is 0.152 e. The highest BCUT2D eigenvalue weighted by atomic mass is 35.5. The first-order valence-electron chi connectivity index (χ1n) is 6.03. The standard InChI is InChI=1S/C14H15ClO2/c1-8(9-5-6-9)13(16)12-7-10-3-2-4-11(15)14(10)17-12/h2-4,7-9,13,16H,5-6H2,1H3. The van der Waals surface area contributed by atoms with Crippen LogP contribution in [0.1, 0.15) is 31.6 Å². The zero-order valence-corrected chi connectivity index (χ0v) is 10.4. The minimum absolute atomic E-state index is 0.259. The van der Waals surface area contributed by atoms with Gasteiger partial charge in [0.1, 0.15) is 11.9 Å². The Bertz CT molecular complexity index is 542. The molecule has 2 atom stereocenters. The molecule has 1 aromatic carbocycles. The predicted molar refractivity (Wildman–Crippen MR) is 68.1 cm³/mol. The van der Waals surface area contributed by atoms with E-state index >= 15 is 0 Å². The zero-order chi connectivity index (χ0) is 12.0. The van der Waals surface area contributed by atoms with Crippen molar-refractivity contribution in [3.8, 4) is 0 Å². The minimum Gasteiger partial charge on any atom is -0.457 e. The van der Waals surface area contributed by atoms with Crippen LogP contribution in [0.2, 0.25) is 5.02 Å². The molecule has 1 saturated carbocycles. The summed E-state index contributed by atoms with van der Waals surface area (Å²) >= 11 is 6.05. The van der Waals surface area contributed by atoms with Crippen molar-refractivity contribution >= 4 is 22.6 Å². The molecular weight excluding hydrogens is 236 g/mol. The molecule has 0 saturated heterocycles. The maximum atomic E-state index is 10.3. The molecule has 1 aliphatic rings. The van der Waals surface area contributed by atoms with Gasteiger partial charge >= 0.3 is 0 Å². The molecule has 17 heavy (non-hydrogen) atoms. The quantitative estimate of drug-likeness (QED) is 0.887. The van der Waals surface area contributed by atoms with E-state index in [0.717, 1.165) is 5.39 Å². The Kier molecular flexibility index (Phi) is 2.64. The predicted octanol–water partition coefficient (Wildman–Crippen LogP) is 4.17. The van der Waals surface area contributed by atoms with Crippen molar-refractivity contribution in [2.45, 2.75) is 25.9 Å². The lowest BCUT2D eigenvalue weighted by molar-refractivity contribution is 0.0853. The number of aliphatic hydroxyl groups excluding tert-OH is 1. The Labute approximate surface area is 105 Å². The van der Waals surface area contributed by atoms with Crippen LogP contribution in [-0.2, 0) is 0 Å². The number of hydrogen-bond donors (Lipinski definition) is 1. The molecule has 1 fully saturated rings. The van der Waals surface area contributed by atoms with Crippen LogP contribution in [-0.4, -0.2) is 5.11 Å². The van der Waals surface area contributed by atoms with Crippen molar-refractivity contribution in [1.82, 2.24) is 0 Å². The Morgan fingerprint density at radius 3 is 2.82 bits per heavy atom. The number of rotatable bonds is 3. The van der Waals surface area contributed by atoms with Crippen LogP contribution < -0.4 is 0 Å². The Morgan fingerprint density at radius 2 is 2.18 bits per heavy atom. The molecule has 3 rings (SSSR count). The summed E-state index contributed by atoms with van der Waals surface area (Å²) in [5.74, 6) is 1.54. The van der Waals surface area contributed by atoms with Gasteiger partial charge in [0.15, 0.2) is 5.58 Å². The minimum atomic E-state index is -0.522. The summed E-state index contributed by atoms with van der Waals surface area (Å²) < 4.78 is 5.68. The van der Waals surface area contributed by atoms with Gasteiger partial charge < -0.3 is 9.52 Å². The third-order valence-corrected chi connectivity index (χ3v) is 3.97. The van der Waals surface area contributed by atoms with Crippen LogP contribution in [0.4, 0.5) is 0 Å². The van der Waals surface area contributed by atoms with E-state index in [1.54, 1.807) is 6.07 Å². The van der Waals surface area contributed by atoms with E-state index in [4.69, 9.17) is 16.0 Å². The Hall–Kier alpha value is -0.990. The van der Waals surface area contributed by atoms with Gasteiger partial charge in [0, 0.05) is 5.39 Å². The van der Waals surface area contributed by atoms with Gasteiger partial charge in [-0.25, -0.2) is 0 Å². The topological polar surface area (TPSA) is 33.4 Å². The van der Waals surface area contributed by atoms with Crippen molar-refractivity contribution in [3.05, 3.63) is 35.0 Å². The number of fused-ring (bicyclic) bond motifs is 1. The number of para-hydroxylation sites is 1. The maximum Gasteiger partial charge on any atom is 0.152 e. The van der Waals surface area contributed by atoms with Crippen molar-refractivity contribution in [1.29, 1.82) is 0 Å². The molecule has 2 aromatic rings. The molecule has 0 radical (unpaired) electrons. The van der Waals surface area contributed by atoms with E-state index in [9.17, 15) is 5.11 Å². The fraction of sp³-hybridized carbons (Fsp3) is 0.429. The van der Waals surface area contributed by atoms with Gasteiger partial charge in [-0.15, -0.1) is 0 Å². The molecule has 90 valence electrons. The molecule has 3 heteroatoms. The second kappa shape index (κ2) is 4.04. The van der Waals surface area contributed by atoms with Crippen LogP contribution in [0.25, 0.3) is 11.0 Å². The summed E-state index contributed by atoms with van der Waals surface area (Å²) in [4.78, 5) is 0. The molecule has 1 aromatic heterocycles. The molecule has 0 aliphatic heterocycles. The number of halogens is 1. The van der Waals surface area contributed by atoms with Crippen molar-refractivity contribution in [3.63, 3.8) is 0 Å². The highest BCUT2D eigenvalue weighted by molar-refractivity contribution is 6.34. The molecule has 0 bridgehead atoms. The maximum absolute atomic E-state index is 10.3. The third kappa shape index (κ3) is 1.96. The average Bonchev–Trinajstić information content (AvgIpc) is 3.07. The SMILES string of the molecule is CC(C1CC1)C(O)c1cc2cccc(Cl)c2o1. The van der Waals surface area contributed by atoms with Crippen LogP contribution in [0.15, 0.2) is 28.7 Å². The fourth-order valence-corrected chi connectivity index (χ4v) is 2.55. The Morgan fingerprint density at radius 1 is 1.41 bits per heavy atom. The van der Waals surface area contributed by atoms with Crippen LogP contribution in [0.5, 0.6) is 0 Å². The second-order valence-corrected chi connectivity index (χ2v) is 5.36. The van der Waals surface area contributed by atoms with E-state index in [1.807, 2.05) is 18.2 Å². The molecule has 1 heterocycles. The normalized spacial score (nSPS) is 19.5. The van der Waals surface area contributed by atoms with Crippen molar-refractivity contribution in [2.75, 3.05) is 0 Å². The van der Waals surface area contributed by atoms with E-state index in [-0.39, 0.29) is 5.92 Å². The van der Waals surface area contributed by atoms with Crippen molar-refractivity contribution < 1.29 is 9.52 Å². The third-order valence-electron chi connectivity index (χ3n) is 3.67. The molecule has 0 spiro atoms. The average molecular weight is 251 g/mol. The summed E-state index contributed by atoms with van der Waals surface area (Å²) in [6, 6.07) is 7.53. The van der Waals surface area contributed by atoms with Gasteiger partial charge in [0.2, 0.25) is 0 Å². The van der Waals surface area contributed by atoms with Crippen LogP contribution in [0.3, 0.4) is 0 Å². The lowest BCUT2D eigenvalue weighted by Crippen LogP contribution is -2.10. The van der Waals surface area contributed by atoms with Gasteiger partial charge in [-0.1, -0.05) is 30.7 Å². The molecule has 0 amide bonds. The van der Waals surface area contributed by atoms with Gasteiger partial charge in [0.25, 0.3) is 0 Å². The fourth-order valence-electron chi connectivity index (χ4n) is 2.33. The largest absolute Gasteiger partial charge is 0.457 e. The molecule has 1 N–H and O–H groups in total. The lowest BCUT2D eigenvalue weighted by Gasteiger charge is -2.15. The number of benzene rings is 1. The second-order valence-electron chi connectivity index (χ2n) is 4.95. The van der Waals surface area contributed by atoms with E-state index < -0.39 is 6.10 Å². The first-order valence-corrected chi connectivity index (χ1v) is 6.40. The molecule has 1 aliphatic carbocycles. The van der Waals surface area contributed by atoms with E-state index in [0.29, 0.717) is 22.3 Å². The number of aliphatic hydroxyl groups is 1. The molecular formula is C14H15ClO2. The van der Waals surface area contributed by atoms with Crippen LogP contribution >= 0.6 is 11.6 Å². The molecule has 2 unspecified atom stereocenters. The summed E-state index contributed by atoms with van der Waals surface area (Å²) in [5, 5.41) is 11.8. The van der Waals surface area contributed by atoms with Crippen LogP contribution in [0, 0.1) is 11.8 Å². The molecule has 2 nitrogen and oxygen atoms in total. The van der Waals surface area contributed by atoms with Gasteiger partial charge in [-0.05, 0) is 36.8 Å². The Balaban J connectivity index is 1.97. The summed E-state index contributed by atoms with van der Waals surface area (Å²) in [5.41, 5.74) is 0.672. The van der Waals surface area contributed by atoms with E-state index in [2.05, 4.69) is 6.92 Å². The number of hydrogen-bond acceptors (Lipinski definition) is 2. The van der Waals surface area contributed by atoms with Gasteiger partial charge in [-0.2, -0.15) is 0 Å². The summed E-state index contributed by atoms with van der Waals surface area (Å²) in [6.45, 7) is 2.08. The zero-order valence-electron chi connectivity index (χ0n) is 9.69.